The van der Waals surface area contributed by atoms with Crippen molar-refractivity contribution in [2.24, 2.45) is 0 Å². The minimum atomic E-state index is -0.203. The Labute approximate surface area is 120 Å². The number of hydrogen-bond acceptors (Lipinski definition) is 4. The summed E-state index contributed by atoms with van der Waals surface area (Å²) in [6.45, 7) is 0.385. The molecular weight excluding hydrogens is 284 g/mol. The summed E-state index contributed by atoms with van der Waals surface area (Å²) < 4.78 is 0. The molecule has 2 aromatic rings. The Morgan fingerprint density at radius 1 is 1.11 bits per heavy atom. The fraction of sp³-hybridized carbons (Fsp3) is 0.154. The molecule has 0 saturated heterocycles. The number of halogens is 1. The average molecular weight is 295 g/mol. The molecule has 2 amide bonds. The van der Waals surface area contributed by atoms with Crippen LogP contribution in [0.5, 0.6) is 0 Å². The summed E-state index contributed by atoms with van der Waals surface area (Å²) in [6, 6.07) is 6.93. The fourth-order valence-electron chi connectivity index (χ4n) is 2.03. The van der Waals surface area contributed by atoms with Crippen molar-refractivity contribution in [1.29, 1.82) is 0 Å². The van der Waals surface area contributed by atoms with E-state index in [1.54, 1.807) is 29.8 Å². The van der Waals surface area contributed by atoms with Crippen LogP contribution < -0.4 is 0 Å². The van der Waals surface area contributed by atoms with Crippen LogP contribution in [0, 0.1) is 0 Å². The maximum absolute atomic E-state index is 12.1. The van der Waals surface area contributed by atoms with E-state index in [0.717, 1.165) is 5.69 Å². The first-order valence-corrected chi connectivity index (χ1v) is 6.54. The molecule has 1 aliphatic heterocycles. The lowest BCUT2D eigenvalue weighted by atomic mass is 10.1. The standard InChI is InChI=1S/C13H10N2O2S.ClH/c16-12-10-3-1-2-4-11(10)13(17)15(12)6-5-9-7-18-8-14-9;/h1-4,7-8H,5-6H2;1H. The van der Waals surface area contributed by atoms with Gasteiger partial charge in [0.05, 0.1) is 22.3 Å². The van der Waals surface area contributed by atoms with Crippen LogP contribution in [0.1, 0.15) is 26.4 Å². The van der Waals surface area contributed by atoms with Gasteiger partial charge in [-0.1, -0.05) is 12.1 Å². The summed E-state index contributed by atoms with van der Waals surface area (Å²) in [4.78, 5) is 29.5. The predicted molar refractivity (Wildman–Crippen MR) is 74.9 cm³/mol. The quantitative estimate of drug-likeness (QED) is 0.817. The van der Waals surface area contributed by atoms with Crippen LogP contribution in [0.25, 0.3) is 0 Å². The molecule has 0 fully saturated rings. The smallest absolute Gasteiger partial charge is 0.261 e. The van der Waals surface area contributed by atoms with Gasteiger partial charge in [0.15, 0.2) is 0 Å². The lowest BCUT2D eigenvalue weighted by molar-refractivity contribution is 0.0656. The van der Waals surface area contributed by atoms with Gasteiger partial charge in [-0.3, -0.25) is 14.5 Å². The van der Waals surface area contributed by atoms with Crippen LogP contribution in [-0.2, 0) is 6.42 Å². The highest BCUT2D eigenvalue weighted by atomic mass is 35.5. The van der Waals surface area contributed by atoms with Crippen LogP contribution in [0.3, 0.4) is 0 Å². The Hall–Kier alpha value is -1.72. The molecule has 2 heterocycles. The lowest BCUT2D eigenvalue weighted by Crippen LogP contribution is -2.31. The number of benzene rings is 1. The number of nitrogens with zero attached hydrogens (tertiary/aromatic N) is 2. The second-order valence-electron chi connectivity index (χ2n) is 4.04. The second-order valence-corrected chi connectivity index (χ2v) is 4.76. The Morgan fingerprint density at radius 3 is 2.26 bits per heavy atom. The Morgan fingerprint density at radius 2 is 1.74 bits per heavy atom. The highest BCUT2D eigenvalue weighted by molar-refractivity contribution is 7.07. The van der Waals surface area contributed by atoms with Gasteiger partial charge < -0.3 is 0 Å². The first kappa shape index (κ1) is 13.7. The van der Waals surface area contributed by atoms with Gasteiger partial charge in [0.1, 0.15) is 0 Å². The average Bonchev–Trinajstić information content (AvgIpc) is 2.98. The normalized spacial score (nSPS) is 13.4. The van der Waals surface area contributed by atoms with Crippen molar-refractivity contribution in [2.75, 3.05) is 6.54 Å². The number of hydrogen-bond donors (Lipinski definition) is 0. The van der Waals surface area contributed by atoms with Crippen molar-refractivity contribution in [2.45, 2.75) is 6.42 Å². The monoisotopic (exact) mass is 294 g/mol. The largest absolute Gasteiger partial charge is 0.274 e. The number of rotatable bonds is 3. The fourth-order valence-corrected chi connectivity index (χ4v) is 2.62. The molecule has 1 aromatic heterocycles. The van der Waals surface area contributed by atoms with E-state index in [0.29, 0.717) is 24.1 Å². The van der Waals surface area contributed by atoms with Crippen molar-refractivity contribution in [3.05, 3.63) is 52.0 Å². The maximum Gasteiger partial charge on any atom is 0.261 e. The maximum atomic E-state index is 12.1. The van der Waals surface area contributed by atoms with Crippen LogP contribution >= 0.6 is 23.7 Å². The summed E-state index contributed by atoms with van der Waals surface area (Å²) in [5, 5.41) is 1.93. The highest BCUT2D eigenvalue weighted by Gasteiger charge is 2.34. The number of thiazole rings is 1. The van der Waals surface area contributed by atoms with E-state index in [4.69, 9.17) is 0 Å². The van der Waals surface area contributed by atoms with Crippen molar-refractivity contribution >= 4 is 35.6 Å². The third kappa shape index (κ3) is 2.39. The van der Waals surface area contributed by atoms with Gasteiger partial charge in [-0.05, 0) is 12.1 Å². The van der Waals surface area contributed by atoms with Crippen LogP contribution in [0.4, 0.5) is 0 Å². The van der Waals surface area contributed by atoms with Gasteiger partial charge >= 0.3 is 0 Å². The van der Waals surface area contributed by atoms with E-state index in [9.17, 15) is 9.59 Å². The third-order valence-electron chi connectivity index (χ3n) is 2.95. The molecule has 0 bridgehead atoms. The topological polar surface area (TPSA) is 50.3 Å². The summed E-state index contributed by atoms with van der Waals surface area (Å²) in [5.41, 5.74) is 3.66. The molecule has 6 heteroatoms. The van der Waals surface area contributed by atoms with E-state index < -0.39 is 0 Å². The molecular formula is C13H11ClN2O2S. The highest BCUT2D eigenvalue weighted by Crippen LogP contribution is 2.22. The van der Waals surface area contributed by atoms with E-state index in [2.05, 4.69) is 4.98 Å². The molecule has 98 valence electrons. The zero-order valence-electron chi connectivity index (χ0n) is 9.91. The number of amides is 2. The Balaban J connectivity index is 0.00000133. The number of carbonyl (C=O) groups excluding carboxylic acids is 2. The minimum Gasteiger partial charge on any atom is -0.274 e. The summed E-state index contributed by atoms with van der Waals surface area (Å²) in [7, 11) is 0. The molecule has 0 N–H and O–H groups in total. The van der Waals surface area contributed by atoms with Crippen molar-refractivity contribution in [3.8, 4) is 0 Å². The number of imide groups is 1. The van der Waals surface area contributed by atoms with Gasteiger partial charge in [-0.2, -0.15) is 0 Å². The van der Waals surface area contributed by atoms with Gasteiger partial charge in [-0.15, -0.1) is 23.7 Å². The van der Waals surface area contributed by atoms with Gasteiger partial charge in [0, 0.05) is 18.3 Å². The van der Waals surface area contributed by atoms with Gasteiger partial charge in [0.25, 0.3) is 11.8 Å². The van der Waals surface area contributed by atoms with E-state index in [-0.39, 0.29) is 24.2 Å². The molecule has 19 heavy (non-hydrogen) atoms. The zero-order chi connectivity index (χ0) is 12.5. The molecule has 0 saturated carbocycles. The van der Waals surface area contributed by atoms with Crippen LogP contribution in [0.2, 0.25) is 0 Å². The summed E-state index contributed by atoms with van der Waals surface area (Å²) in [5.74, 6) is -0.406. The first-order chi connectivity index (χ1) is 8.77. The van der Waals surface area contributed by atoms with Gasteiger partial charge in [0.2, 0.25) is 0 Å². The van der Waals surface area contributed by atoms with Crippen molar-refractivity contribution in [1.82, 2.24) is 9.88 Å². The van der Waals surface area contributed by atoms with E-state index in [1.807, 2.05) is 5.38 Å². The number of fused-ring (bicyclic) bond motifs is 1. The van der Waals surface area contributed by atoms with Crippen molar-refractivity contribution in [3.63, 3.8) is 0 Å². The Bertz CT molecular complexity index is 578. The van der Waals surface area contributed by atoms with E-state index >= 15 is 0 Å². The molecule has 1 aromatic carbocycles. The SMILES string of the molecule is Cl.O=C1c2ccccc2C(=O)N1CCc1cscn1. The Kier molecular flexibility index (Phi) is 3.97. The minimum absolute atomic E-state index is 0. The molecule has 1 aliphatic rings. The molecule has 0 unspecified atom stereocenters. The second kappa shape index (κ2) is 5.50. The molecule has 4 nitrogen and oxygen atoms in total. The molecule has 0 atom stereocenters. The summed E-state index contributed by atoms with van der Waals surface area (Å²) >= 11 is 1.51. The lowest BCUT2D eigenvalue weighted by Gasteiger charge is -2.12. The molecule has 0 spiro atoms. The first-order valence-electron chi connectivity index (χ1n) is 5.59. The van der Waals surface area contributed by atoms with Crippen molar-refractivity contribution < 1.29 is 9.59 Å². The molecule has 0 radical (unpaired) electrons. The number of aromatic nitrogens is 1. The van der Waals surface area contributed by atoms with E-state index in [1.165, 1.54) is 16.2 Å². The predicted octanol–water partition coefficient (Wildman–Crippen LogP) is 2.40. The summed E-state index contributed by atoms with van der Waals surface area (Å²) in [6.07, 6.45) is 0.606. The van der Waals surface area contributed by atoms with Gasteiger partial charge in [-0.25, -0.2) is 4.98 Å². The number of carbonyl (C=O) groups is 2. The van der Waals surface area contributed by atoms with Crippen LogP contribution in [-0.4, -0.2) is 28.2 Å². The van der Waals surface area contributed by atoms with Crippen LogP contribution in [0.15, 0.2) is 35.2 Å². The zero-order valence-corrected chi connectivity index (χ0v) is 11.5. The molecule has 3 rings (SSSR count). The molecule has 0 aliphatic carbocycles. The third-order valence-corrected chi connectivity index (χ3v) is 3.59.